The van der Waals surface area contributed by atoms with Crippen molar-refractivity contribution in [2.45, 2.75) is 32.7 Å². The summed E-state index contributed by atoms with van der Waals surface area (Å²) >= 11 is 3.29. The highest BCUT2D eigenvalue weighted by Gasteiger charge is 2.12. The van der Waals surface area contributed by atoms with E-state index < -0.39 is 0 Å². The molecule has 1 N–H and O–H groups in total. The van der Waals surface area contributed by atoms with Crippen LogP contribution in [0.5, 0.6) is 0 Å². The fourth-order valence-electron chi connectivity index (χ4n) is 1.86. The highest BCUT2D eigenvalue weighted by molar-refractivity contribution is 9.10. The number of benzene rings is 1. The lowest BCUT2D eigenvalue weighted by atomic mass is 9.97. The Morgan fingerprint density at radius 1 is 1.38 bits per heavy atom. The van der Waals surface area contributed by atoms with Crippen molar-refractivity contribution in [3.05, 3.63) is 34.1 Å². The Morgan fingerprint density at radius 3 is 2.62 bits per heavy atom. The van der Waals surface area contributed by atoms with Gasteiger partial charge in [-0.3, -0.25) is 0 Å². The van der Waals surface area contributed by atoms with Gasteiger partial charge in [-0.15, -0.1) is 0 Å². The van der Waals surface area contributed by atoms with Crippen LogP contribution in [0.4, 0.5) is 4.39 Å². The Balaban J connectivity index is 2.64. The van der Waals surface area contributed by atoms with Gasteiger partial charge in [0.15, 0.2) is 0 Å². The third-order valence-corrected chi connectivity index (χ3v) is 3.82. The van der Waals surface area contributed by atoms with E-state index in [2.05, 4.69) is 35.1 Å². The monoisotopic (exact) mass is 287 g/mol. The molecule has 0 aliphatic rings. The van der Waals surface area contributed by atoms with Crippen molar-refractivity contribution in [3.63, 3.8) is 0 Å². The molecule has 0 aromatic heterocycles. The molecule has 0 spiro atoms. The molecule has 1 unspecified atom stereocenters. The number of hydrogen-bond acceptors (Lipinski definition) is 1. The minimum absolute atomic E-state index is 0.178. The number of nitrogens with one attached hydrogen (secondary N) is 1. The van der Waals surface area contributed by atoms with Crippen molar-refractivity contribution >= 4 is 15.9 Å². The normalized spacial score (nSPS) is 13.1. The standard InChI is InChI=1S/C13H19BrFN/c1-9(2)12(16-3)8-7-10-5-4-6-11(15)13(10)14/h4-6,9,12,16H,7-8H2,1-3H3. The molecule has 0 radical (unpaired) electrons. The molecule has 1 atom stereocenters. The van der Waals surface area contributed by atoms with Gasteiger partial charge in [0.25, 0.3) is 0 Å². The lowest BCUT2D eigenvalue weighted by Crippen LogP contribution is -2.31. The zero-order valence-electron chi connectivity index (χ0n) is 10.1. The maximum atomic E-state index is 13.3. The lowest BCUT2D eigenvalue weighted by molar-refractivity contribution is 0.402. The molecule has 0 bridgehead atoms. The van der Waals surface area contributed by atoms with Gasteiger partial charge in [-0.1, -0.05) is 26.0 Å². The van der Waals surface area contributed by atoms with Crippen molar-refractivity contribution in [2.24, 2.45) is 5.92 Å². The number of hydrogen-bond donors (Lipinski definition) is 1. The van der Waals surface area contributed by atoms with Gasteiger partial charge in [-0.25, -0.2) is 4.39 Å². The minimum atomic E-state index is -0.178. The lowest BCUT2D eigenvalue weighted by Gasteiger charge is -2.20. The molecule has 1 rings (SSSR count). The predicted octanol–water partition coefficient (Wildman–Crippen LogP) is 3.76. The molecule has 3 heteroatoms. The second-order valence-electron chi connectivity index (χ2n) is 4.39. The van der Waals surface area contributed by atoms with E-state index in [-0.39, 0.29) is 5.82 Å². The molecule has 1 aromatic carbocycles. The van der Waals surface area contributed by atoms with E-state index in [1.54, 1.807) is 6.07 Å². The summed E-state index contributed by atoms with van der Waals surface area (Å²) in [5.41, 5.74) is 1.04. The van der Waals surface area contributed by atoms with Crippen LogP contribution in [0.3, 0.4) is 0 Å². The molecule has 0 fully saturated rings. The van der Waals surface area contributed by atoms with E-state index in [0.29, 0.717) is 16.4 Å². The summed E-state index contributed by atoms with van der Waals surface area (Å²) in [7, 11) is 1.98. The van der Waals surface area contributed by atoms with E-state index in [4.69, 9.17) is 0 Å². The van der Waals surface area contributed by atoms with Crippen molar-refractivity contribution in [1.29, 1.82) is 0 Å². The van der Waals surface area contributed by atoms with E-state index in [1.165, 1.54) is 6.07 Å². The molecule has 0 amide bonds. The molecule has 16 heavy (non-hydrogen) atoms. The van der Waals surface area contributed by atoms with Gasteiger partial charge in [0.05, 0.1) is 4.47 Å². The molecule has 0 aliphatic heterocycles. The second-order valence-corrected chi connectivity index (χ2v) is 5.18. The summed E-state index contributed by atoms with van der Waals surface area (Å²) in [6.45, 7) is 4.39. The Hall–Kier alpha value is -0.410. The zero-order chi connectivity index (χ0) is 12.1. The fraction of sp³-hybridized carbons (Fsp3) is 0.538. The highest BCUT2D eigenvalue weighted by atomic mass is 79.9. The first-order valence-electron chi connectivity index (χ1n) is 5.66. The van der Waals surface area contributed by atoms with Gasteiger partial charge < -0.3 is 5.32 Å². The third kappa shape index (κ3) is 3.56. The van der Waals surface area contributed by atoms with Crippen LogP contribution in [0.1, 0.15) is 25.8 Å². The maximum Gasteiger partial charge on any atom is 0.137 e. The highest BCUT2D eigenvalue weighted by Crippen LogP contribution is 2.22. The quantitative estimate of drug-likeness (QED) is 0.869. The molecule has 1 nitrogen and oxygen atoms in total. The fourth-order valence-corrected chi connectivity index (χ4v) is 2.33. The average Bonchev–Trinajstić information content (AvgIpc) is 2.24. The van der Waals surface area contributed by atoms with Crippen molar-refractivity contribution < 1.29 is 4.39 Å². The first-order chi connectivity index (χ1) is 7.56. The number of rotatable bonds is 5. The van der Waals surface area contributed by atoms with Crippen LogP contribution < -0.4 is 5.32 Å². The maximum absolute atomic E-state index is 13.3. The summed E-state index contributed by atoms with van der Waals surface area (Å²) in [6.07, 6.45) is 1.91. The summed E-state index contributed by atoms with van der Waals surface area (Å²) in [6, 6.07) is 5.69. The van der Waals surface area contributed by atoms with E-state index >= 15 is 0 Å². The molecule has 0 aliphatic carbocycles. The van der Waals surface area contributed by atoms with Crippen LogP contribution in [0.2, 0.25) is 0 Å². The molecule has 1 aromatic rings. The Labute approximate surface area is 106 Å². The van der Waals surface area contributed by atoms with Gasteiger partial charge >= 0.3 is 0 Å². The average molecular weight is 288 g/mol. The zero-order valence-corrected chi connectivity index (χ0v) is 11.6. The summed E-state index contributed by atoms with van der Waals surface area (Å²) in [5, 5.41) is 3.30. The van der Waals surface area contributed by atoms with Gasteiger partial charge in [0.1, 0.15) is 5.82 Å². The molecular formula is C13H19BrFN. The van der Waals surface area contributed by atoms with E-state index in [0.717, 1.165) is 18.4 Å². The smallest absolute Gasteiger partial charge is 0.137 e. The van der Waals surface area contributed by atoms with Crippen LogP contribution >= 0.6 is 15.9 Å². The summed E-state index contributed by atoms with van der Waals surface area (Å²) in [5.74, 6) is 0.417. The topological polar surface area (TPSA) is 12.0 Å². The molecular weight excluding hydrogens is 269 g/mol. The molecule has 0 heterocycles. The van der Waals surface area contributed by atoms with Crippen LogP contribution in [0, 0.1) is 11.7 Å². The largest absolute Gasteiger partial charge is 0.317 e. The van der Waals surface area contributed by atoms with Crippen molar-refractivity contribution in [3.8, 4) is 0 Å². The first-order valence-corrected chi connectivity index (χ1v) is 6.45. The van der Waals surface area contributed by atoms with Crippen LogP contribution in [-0.4, -0.2) is 13.1 Å². The Morgan fingerprint density at radius 2 is 2.06 bits per heavy atom. The van der Waals surface area contributed by atoms with Crippen LogP contribution in [0.25, 0.3) is 0 Å². The van der Waals surface area contributed by atoms with Gasteiger partial charge in [0, 0.05) is 6.04 Å². The number of halogens is 2. The van der Waals surface area contributed by atoms with Crippen LogP contribution in [0.15, 0.2) is 22.7 Å². The van der Waals surface area contributed by atoms with Crippen molar-refractivity contribution in [1.82, 2.24) is 5.32 Å². The predicted molar refractivity (Wildman–Crippen MR) is 70.1 cm³/mol. The molecule has 0 saturated carbocycles. The molecule has 0 saturated heterocycles. The summed E-state index contributed by atoms with van der Waals surface area (Å²) < 4.78 is 13.9. The number of aryl methyl sites for hydroxylation is 1. The van der Waals surface area contributed by atoms with Gasteiger partial charge in [0.2, 0.25) is 0 Å². The first kappa shape index (κ1) is 13.7. The molecule has 90 valence electrons. The van der Waals surface area contributed by atoms with E-state index in [9.17, 15) is 4.39 Å². The minimum Gasteiger partial charge on any atom is -0.317 e. The SMILES string of the molecule is CNC(CCc1cccc(F)c1Br)C(C)C. The van der Waals surface area contributed by atoms with Crippen molar-refractivity contribution in [2.75, 3.05) is 7.05 Å². The van der Waals surface area contributed by atoms with Crippen LogP contribution in [-0.2, 0) is 6.42 Å². The Kier molecular flexibility index (Phi) is 5.42. The second kappa shape index (κ2) is 6.36. The Bertz CT molecular complexity index is 339. The van der Waals surface area contributed by atoms with E-state index in [1.807, 2.05) is 13.1 Å². The summed E-state index contributed by atoms with van der Waals surface area (Å²) in [4.78, 5) is 0. The third-order valence-electron chi connectivity index (χ3n) is 2.93. The van der Waals surface area contributed by atoms with Gasteiger partial charge in [-0.05, 0) is 53.4 Å². The van der Waals surface area contributed by atoms with Gasteiger partial charge in [-0.2, -0.15) is 0 Å².